The van der Waals surface area contributed by atoms with E-state index in [9.17, 15) is 4.79 Å². The number of carbonyl (C=O) groups is 1. The summed E-state index contributed by atoms with van der Waals surface area (Å²) in [6.07, 6.45) is 1.65. The predicted octanol–water partition coefficient (Wildman–Crippen LogP) is 2.31. The Kier molecular flexibility index (Phi) is 3.93. The summed E-state index contributed by atoms with van der Waals surface area (Å²) in [7, 11) is 1.49. The molecule has 0 fully saturated rings. The first-order valence-corrected chi connectivity index (χ1v) is 6.32. The second-order valence-electron chi connectivity index (χ2n) is 4.64. The fraction of sp³-hybridized carbons (Fsp3) is 0.286. The number of benzene rings is 1. The van der Waals surface area contributed by atoms with Crippen molar-refractivity contribution in [2.45, 2.75) is 19.9 Å². The van der Waals surface area contributed by atoms with Gasteiger partial charge < -0.3 is 15.8 Å². The highest BCUT2D eigenvalue weighted by Gasteiger charge is 2.16. The molecule has 106 valence electrons. The van der Waals surface area contributed by atoms with Crippen molar-refractivity contribution in [2.75, 3.05) is 18.2 Å². The molecule has 0 aliphatic heterocycles. The summed E-state index contributed by atoms with van der Waals surface area (Å²) in [6.45, 7) is 3.98. The Bertz CT molecular complexity index is 619. The molecule has 6 heteroatoms. The number of hydrogen-bond donors (Lipinski definition) is 2. The average Bonchev–Trinajstić information content (AvgIpc) is 2.86. The van der Waals surface area contributed by atoms with E-state index in [1.807, 2.05) is 13.8 Å². The number of nitrogens with two attached hydrogens (primary N) is 1. The van der Waals surface area contributed by atoms with Crippen LogP contribution in [0.2, 0.25) is 0 Å². The molecule has 6 nitrogen and oxygen atoms in total. The van der Waals surface area contributed by atoms with Crippen molar-refractivity contribution >= 4 is 17.4 Å². The lowest BCUT2D eigenvalue weighted by Gasteiger charge is -2.14. The number of aromatic nitrogens is 2. The van der Waals surface area contributed by atoms with E-state index in [-0.39, 0.29) is 11.9 Å². The Morgan fingerprint density at radius 1 is 1.40 bits per heavy atom. The summed E-state index contributed by atoms with van der Waals surface area (Å²) in [5, 5.41) is 6.98. The van der Waals surface area contributed by atoms with Crippen LogP contribution < -0.4 is 15.8 Å². The van der Waals surface area contributed by atoms with E-state index in [1.54, 1.807) is 35.1 Å². The van der Waals surface area contributed by atoms with E-state index in [0.717, 1.165) is 0 Å². The normalized spacial score (nSPS) is 10.6. The zero-order valence-corrected chi connectivity index (χ0v) is 11.8. The highest BCUT2D eigenvalue weighted by Crippen LogP contribution is 2.26. The molecule has 0 atom stereocenters. The van der Waals surface area contributed by atoms with Crippen LogP contribution in [0.1, 0.15) is 30.2 Å². The van der Waals surface area contributed by atoms with Gasteiger partial charge >= 0.3 is 0 Å². The number of amides is 1. The molecule has 1 amide bonds. The third kappa shape index (κ3) is 2.59. The Morgan fingerprint density at radius 3 is 2.80 bits per heavy atom. The van der Waals surface area contributed by atoms with Gasteiger partial charge in [-0.25, -0.2) is 4.68 Å². The van der Waals surface area contributed by atoms with Gasteiger partial charge in [-0.2, -0.15) is 5.10 Å². The molecule has 3 N–H and O–H groups in total. The van der Waals surface area contributed by atoms with Crippen LogP contribution in [0.3, 0.4) is 0 Å². The fourth-order valence-electron chi connectivity index (χ4n) is 1.97. The number of ether oxygens (including phenoxy) is 1. The van der Waals surface area contributed by atoms with Crippen LogP contribution in [0.25, 0.3) is 0 Å². The zero-order valence-electron chi connectivity index (χ0n) is 11.8. The number of para-hydroxylation sites is 1. The standard InChI is InChI=1S/C14H18N4O2/c1-9(2)18-12(7-8-16-18)17-14(19)10-5-4-6-11(15)13(10)20-3/h4-9H,15H2,1-3H3,(H,17,19). The third-order valence-corrected chi connectivity index (χ3v) is 2.90. The van der Waals surface area contributed by atoms with Crippen molar-refractivity contribution in [1.82, 2.24) is 9.78 Å². The maximum atomic E-state index is 12.3. The third-order valence-electron chi connectivity index (χ3n) is 2.90. The minimum absolute atomic E-state index is 0.156. The number of nitrogen functional groups attached to an aromatic ring is 1. The summed E-state index contributed by atoms with van der Waals surface area (Å²) >= 11 is 0. The van der Waals surface area contributed by atoms with E-state index >= 15 is 0 Å². The average molecular weight is 274 g/mol. The van der Waals surface area contributed by atoms with Crippen LogP contribution in [0, 0.1) is 0 Å². The molecule has 0 saturated heterocycles. The quantitative estimate of drug-likeness (QED) is 0.838. The summed E-state index contributed by atoms with van der Waals surface area (Å²) in [5.41, 5.74) is 6.62. The minimum Gasteiger partial charge on any atom is -0.494 e. The molecule has 1 aromatic carbocycles. The molecule has 0 unspecified atom stereocenters. The number of nitrogens with zero attached hydrogens (tertiary/aromatic N) is 2. The lowest BCUT2D eigenvalue weighted by molar-refractivity contribution is 0.102. The molecule has 0 radical (unpaired) electrons. The maximum Gasteiger partial charge on any atom is 0.260 e. The van der Waals surface area contributed by atoms with Crippen molar-refractivity contribution < 1.29 is 9.53 Å². The molecule has 1 heterocycles. The SMILES string of the molecule is COc1c(N)cccc1C(=O)Nc1ccnn1C(C)C. The van der Waals surface area contributed by atoms with Gasteiger partial charge in [0.2, 0.25) is 0 Å². The monoisotopic (exact) mass is 274 g/mol. The highest BCUT2D eigenvalue weighted by molar-refractivity contribution is 6.06. The molecular weight excluding hydrogens is 256 g/mol. The lowest BCUT2D eigenvalue weighted by Crippen LogP contribution is -2.17. The number of methoxy groups -OCH3 is 1. The predicted molar refractivity (Wildman–Crippen MR) is 78.0 cm³/mol. The Morgan fingerprint density at radius 2 is 2.15 bits per heavy atom. The molecule has 1 aromatic heterocycles. The summed E-state index contributed by atoms with van der Waals surface area (Å²) in [6, 6.07) is 6.97. The van der Waals surface area contributed by atoms with Crippen molar-refractivity contribution in [2.24, 2.45) is 0 Å². The second kappa shape index (κ2) is 5.64. The van der Waals surface area contributed by atoms with Gasteiger partial charge in [-0.05, 0) is 26.0 Å². The van der Waals surface area contributed by atoms with Gasteiger partial charge in [0.05, 0.1) is 24.6 Å². The molecule has 20 heavy (non-hydrogen) atoms. The van der Waals surface area contributed by atoms with Crippen LogP contribution in [0.4, 0.5) is 11.5 Å². The molecule has 2 aromatic rings. The molecule has 0 aliphatic carbocycles. The van der Waals surface area contributed by atoms with Crippen LogP contribution in [-0.2, 0) is 0 Å². The van der Waals surface area contributed by atoms with Gasteiger partial charge in [-0.15, -0.1) is 0 Å². The number of anilines is 2. The number of carbonyl (C=O) groups excluding carboxylic acids is 1. The number of rotatable bonds is 4. The molecular formula is C14H18N4O2. The lowest BCUT2D eigenvalue weighted by atomic mass is 10.1. The van der Waals surface area contributed by atoms with Gasteiger partial charge in [0.15, 0.2) is 5.75 Å². The van der Waals surface area contributed by atoms with Crippen LogP contribution >= 0.6 is 0 Å². The largest absolute Gasteiger partial charge is 0.494 e. The smallest absolute Gasteiger partial charge is 0.260 e. The van der Waals surface area contributed by atoms with Gasteiger partial charge in [-0.1, -0.05) is 6.07 Å². The minimum atomic E-state index is -0.281. The second-order valence-corrected chi connectivity index (χ2v) is 4.64. The first kappa shape index (κ1) is 13.9. The molecule has 2 rings (SSSR count). The van der Waals surface area contributed by atoms with E-state index in [1.165, 1.54) is 7.11 Å². The summed E-state index contributed by atoms with van der Waals surface area (Å²) in [5.74, 6) is 0.728. The fourth-order valence-corrected chi connectivity index (χ4v) is 1.97. The zero-order chi connectivity index (χ0) is 14.7. The van der Waals surface area contributed by atoms with Gasteiger partial charge in [0.25, 0.3) is 5.91 Å². The molecule has 0 aliphatic rings. The van der Waals surface area contributed by atoms with E-state index < -0.39 is 0 Å². The summed E-state index contributed by atoms with van der Waals surface area (Å²) < 4.78 is 6.92. The topological polar surface area (TPSA) is 82.2 Å². The van der Waals surface area contributed by atoms with Crippen molar-refractivity contribution in [3.05, 3.63) is 36.0 Å². The highest BCUT2D eigenvalue weighted by atomic mass is 16.5. The Labute approximate surface area is 117 Å². The van der Waals surface area contributed by atoms with Crippen LogP contribution in [0.15, 0.2) is 30.5 Å². The van der Waals surface area contributed by atoms with Gasteiger partial charge in [0, 0.05) is 12.1 Å². The van der Waals surface area contributed by atoms with E-state index in [4.69, 9.17) is 10.5 Å². The van der Waals surface area contributed by atoms with Crippen molar-refractivity contribution in [1.29, 1.82) is 0 Å². The number of hydrogen-bond acceptors (Lipinski definition) is 4. The Balaban J connectivity index is 2.29. The van der Waals surface area contributed by atoms with Crippen molar-refractivity contribution in [3.8, 4) is 5.75 Å². The van der Waals surface area contributed by atoms with Crippen molar-refractivity contribution in [3.63, 3.8) is 0 Å². The van der Waals surface area contributed by atoms with Crippen LogP contribution in [0.5, 0.6) is 5.75 Å². The molecule has 0 spiro atoms. The first-order valence-electron chi connectivity index (χ1n) is 6.32. The van der Waals surface area contributed by atoms with E-state index in [0.29, 0.717) is 22.8 Å². The van der Waals surface area contributed by atoms with Crippen LogP contribution in [-0.4, -0.2) is 22.8 Å². The molecule has 0 saturated carbocycles. The van der Waals surface area contributed by atoms with E-state index in [2.05, 4.69) is 10.4 Å². The first-order chi connectivity index (χ1) is 9.54. The maximum absolute atomic E-state index is 12.3. The Hall–Kier alpha value is -2.50. The van der Waals surface area contributed by atoms with Gasteiger partial charge in [-0.3, -0.25) is 4.79 Å². The summed E-state index contributed by atoms with van der Waals surface area (Å²) in [4.78, 5) is 12.3. The van der Waals surface area contributed by atoms with Gasteiger partial charge in [0.1, 0.15) is 5.82 Å². The number of nitrogens with one attached hydrogen (secondary N) is 1. The molecule has 0 bridgehead atoms.